The van der Waals surface area contributed by atoms with Crippen molar-refractivity contribution in [2.45, 2.75) is 31.6 Å². The number of carbonyl (C=O) groups excluding carboxylic acids is 2. The molecule has 1 N–H and O–H groups in total. The van der Waals surface area contributed by atoms with Crippen molar-refractivity contribution < 1.29 is 14.3 Å². The van der Waals surface area contributed by atoms with Crippen LogP contribution in [-0.4, -0.2) is 18.5 Å². The van der Waals surface area contributed by atoms with Gasteiger partial charge in [0.15, 0.2) is 0 Å². The van der Waals surface area contributed by atoms with Gasteiger partial charge in [-0.1, -0.05) is 36.8 Å². The predicted octanol–water partition coefficient (Wildman–Crippen LogP) is 3.92. The van der Waals surface area contributed by atoms with Crippen LogP contribution in [0.4, 0.5) is 5.69 Å². The molecule has 0 spiro atoms. The van der Waals surface area contributed by atoms with Gasteiger partial charge in [0.05, 0.1) is 17.6 Å². The highest BCUT2D eigenvalue weighted by Gasteiger charge is 2.45. The zero-order valence-corrected chi connectivity index (χ0v) is 13.7. The predicted molar refractivity (Wildman–Crippen MR) is 93.0 cm³/mol. The minimum Gasteiger partial charge on any atom is -0.462 e. The number of anilines is 1. The fourth-order valence-electron chi connectivity index (χ4n) is 3.09. The van der Waals surface area contributed by atoms with Gasteiger partial charge in [0.1, 0.15) is 0 Å². The van der Waals surface area contributed by atoms with Crippen LogP contribution in [0.1, 0.15) is 42.1 Å². The zero-order valence-electron chi connectivity index (χ0n) is 13.7. The Morgan fingerprint density at radius 2 is 1.71 bits per heavy atom. The number of carbonyl (C=O) groups is 2. The lowest BCUT2D eigenvalue weighted by atomic mass is 9.64. The third-order valence-corrected chi connectivity index (χ3v) is 4.62. The molecule has 1 amide bonds. The first-order valence-electron chi connectivity index (χ1n) is 8.30. The lowest BCUT2D eigenvalue weighted by molar-refractivity contribution is -0.124. The topological polar surface area (TPSA) is 55.4 Å². The Balaban J connectivity index is 1.73. The van der Waals surface area contributed by atoms with Crippen molar-refractivity contribution in [2.75, 3.05) is 11.9 Å². The molecule has 2 aromatic rings. The summed E-state index contributed by atoms with van der Waals surface area (Å²) in [5.41, 5.74) is 1.81. The Morgan fingerprint density at radius 1 is 1.04 bits per heavy atom. The molecule has 1 saturated carbocycles. The number of nitrogens with one attached hydrogen (secondary N) is 1. The summed E-state index contributed by atoms with van der Waals surface area (Å²) < 4.78 is 4.96. The second kappa shape index (κ2) is 6.87. The first kappa shape index (κ1) is 16.2. The molecule has 1 fully saturated rings. The molecule has 0 bridgehead atoms. The Labute approximate surface area is 141 Å². The third kappa shape index (κ3) is 3.04. The standard InChI is InChI=1S/C20H21NO3/c1-2-24-18(22)15-9-11-17(12-10-15)21-19(23)20(13-6-14-20)16-7-4-3-5-8-16/h3-5,7-12H,2,6,13-14H2,1H3,(H,21,23). The molecule has 24 heavy (non-hydrogen) atoms. The van der Waals surface area contributed by atoms with Crippen LogP contribution in [0.2, 0.25) is 0 Å². The number of esters is 1. The maximum atomic E-state index is 12.8. The summed E-state index contributed by atoms with van der Waals surface area (Å²) in [6.07, 6.45) is 2.79. The van der Waals surface area contributed by atoms with Crippen LogP contribution in [0.15, 0.2) is 54.6 Å². The number of hydrogen-bond acceptors (Lipinski definition) is 3. The molecule has 1 aliphatic rings. The van der Waals surface area contributed by atoms with Crippen LogP contribution in [0.25, 0.3) is 0 Å². The smallest absolute Gasteiger partial charge is 0.338 e. The van der Waals surface area contributed by atoms with Crippen molar-refractivity contribution in [2.24, 2.45) is 0 Å². The van der Waals surface area contributed by atoms with Gasteiger partial charge >= 0.3 is 5.97 Å². The summed E-state index contributed by atoms with van der Waals surface area (Å²) in [6.45, 7) is 2.12. The second-order valence-corrected chi connectivity index (χ2v) is 6.05. The van der Waals surface area contributed by atoms with Crippen LogP contribution in [0, 0.1) is 0 Å². The Hall–Kier alpha value is -2.62. The Bertz CT molecular complexity index is 718. The summed E-state index contributed by atoms with van der Waals surface area (Å²) in [5, 5.41) is 2.99. The first-order chi connectivity index (χ1) is 11.7. The molecule has 0 aliphatic heterocycles. The lowest BCUT2D eigenvalue weighted by Crippen LogP contribution is -2.45. The number of rotatable bonds is 5. The molecule has 0 aromatic heterocycles. The highest BCUT2D eigenvalue weighted by atomic mass is 16.5. The molecule has 124 valence electrons. The van der Waals surface area contributed by atoms with Crippen molar-refractivity contribution in [3.8, 4) is 0 Å². The van der Waals surface area contributed by atoms with E-state index in [1.165, 1.54) is 0 Å². The van der Waals surface area contributed by atoms with Gasteiger partial charge in [-0.15, -0.1) is 0 Å². The summed E-state index contributed by atoms with van der Waals surface area (Å²) >= 11 is 0. The number of amides is 1. The van der Waals surface area contributed by atoms with E-state index in [2.05, 4.69) is 5.32 Å². The number of hydrogen-bond donors (Lipinski definition) is 1. The third-order valence-electron chi connectivity index (χ3n) is 4.62. The number of benzene rings is 2. The van der Waals surface area contributed by atoms with E-state index < -0.39 is 5.41 Å². The van der Waals surface area contributed by atoms with Crippen molar-refractivity contribution in [3.63, 3.8) is 0 Å². The minimum atomic E-state index is -0.429. The SMILES string of the molecule is CCOC(=O)c1ccc(NC(=O)C2(c3ccccc3)CCC2)cc1. The van der Waals surface area contributed by atoms with Gasteiger partial charge in [0, 0.05) is 5.69 Å². The summed E-state index contributed by atoms with van der Waals surface area (Å²) in [6, 6.07) is 16.7. The monoisotopic (exact) mass is 323 g/mol. The van der Waals surface area contributed by atoms with Crippen LogP contribution >= 0.6 is 0 Å². The molecule has 2 aromatic carbocycles. The fraction of sp³-hybridized carbons (Fsp3) is 0.300. The van der Waals surface area contributed by atoms with E-state index in [0.29, 0.717) is 17.9 Å². The summed E-state index contributed by atoms with van der Waals surface area (Å²) in [7, 11) is 0. The normalized spacial score (nSPS) is 15.2. The van der Waals surface area contributed by atoms with Gasteiger partial charge in [-0.25, -0.2) is 4.79 Å². The molecule has 0 atom stereocenters. The van der Waals surface area contributed by atoms with E-state index in [1.54, 1.807) is 31.2 Å². The number of ether oxygens (including phenoxy) is 1. The van der Waals surface area contributed by atoms with Gasteiger partial charge in [-0.2, -0.15) is 0 Å². The minimum absolute atomic E-state index is 0.0174. The summed E-state index contributed by atoms with van der Waals surface area (Å²) in [4.78, 5) is 24.5. The Kier molecular flexibility index (Phi) is 4.65. The molecule has 0 saturated heterocycles. The highest BCUT2D eigenvalue weighted by molar-refractivity contribution is 6.00. The molecule has 0 heterocycles. The molecular formula is C20H21NO3. The second-order valence-electron chi connectivity index (χ2n) is 6.05. The van der Waals surface area contributed by atoms with Gasteiger partial charge in [0.2, 0.25) is 5.91 Å². The van der Waals surface area contributed by atoms with Gasteiger partial charge in [-0.3, -0.25) is 4.79 Å². The van der Waals surface area contributed by atoms with E-state index in [0.717, 1.165) is 24.8 Å². The van der Waals surface area contributed by atoms with Crippen LogP contribution in [-0.2, 0) is 14.9 Å². The maximum Gasteiger partial charge on any atom is 0.338 e. The lowest BCUT2D eigenvalue weighted by Gasteiger charge is -2.40. The van der Waals surface area contributed by atoms with E-state index in [-0.39, 0.29) is 11.9 Å². The zero-order chi connectivity index (χ0) is 17.0. The average molecular weight is 323 g/mol. The van der Waals surface area contributed by atoms with Crippen LogP contribution in [0.3, 0.4) is 0 Å². The first-order valence-corrected chi connectivity index (χ1v) is 8.30. The van der Waals surface area contributed by atoms with E-state index in [1.807, 2.05) is 30.3 Å². The molecular weight excluding hydrogens is 302 g/mol. The van der Waals surface area contributed by atoms with Gasteiger partial charge in [-0.05, 0) is 49.6 Å². The molecule has 1 aliphatic carbocycles. The van der Waals surface area contributed by atoms with Crippen molar-refractivity contribution in [1.82, 2.24) is 0 Å². The van der Waals surface area contributed by atoms with Crippen molar-refractivity contribution in [3.05, 3.63) is 65.7 Å². The Morgan fingerprint density at radius 3 is 2.25 bits per heavy atom. The molecule has 0 radical (unpaired) electrons. The van der Waals surface area contributed by atoms with Crippen molar-refractivity contribution in [1.29, 1.82) is 0 Å². The molecule has 0 unspecified atom stereocenters. The molecule has 3 rings (SSSR count). The van der Waals surface area contributed by atoms with Gasteiger partial charge < -0.3 is 10.1 Å². The van der Waals surface area contributed by atoms with E-state index >= 15 is 0 Å². The largest absolute Gasteiger partial charge is 0.462 e. The van der Waals surface area contributed by atoms with Crippen LogP contribution < -0.4 is 5.32 Å². The quantitative estimate of drug-likeness (QED) is 0.848. The summed E-state index contributed by atoms with van der Waals surface area (Å²) in [5.74, 6) is -0.334. The van der Waals surface area contributed by atoms with Crippen molar-refractivity contribution >= 4 is 17.6 Å². The highest BCUT2D eigenvalue weighted by Crippen LogP contribution is 2.44. The molecule has 4 nitrogen and oxygen atoms in total. The molecule has 4 heteroatoms. The van der Waals surface area contributed by atoms with Gasteiger partial charge in [0.25, 0.3) is 0 Å². The van der Waals surface area contributed by atoms with E-state index in [4.69, 9.17) is 4.74 Å². The van der Waals surface area contributed by atoms with E-state index in [9.17, 15) is 9.59 Å². The average Bonchev–Trinajstić information content (AvgIpc) is 2.56. The fourth-order valence-corrected chi connectivity index (χ4v) is 3.09. The maximum absolute atomic E-state index is 12.8. The van der Waals surface area contributed by atoms with Crippen LogP contribution in [0.5, 0.6) is 0 Å².